The van der Waals surface area contributed by atoms with Gasteiger partial charge in [0.1, 0.15) is 0 Å². The van der Waals surface area contributed by atoms with Crippen LogP contribution in [-0.4, -0.2) is 13.7 Å². The fourth-order valence-electron chi connectivity index (χ4n) is 8.79. The van der Waals surface area contributed by atoms with Crippen molar-refractivity contribution in [2.75, 3.05) is 0 Å². The molecule has 0 radical (unpaired) electrons. The van der Waals surface area contributed by atoms with E-state index < -0.39 is 0 Å². The van der Waals surface area contributed by atoms with Gasteiger partial charge in [-0.05, 0) is 83.7 Å². The lowest BCUT2D eigenvalue weighted by Gasteiger charge is -2.16. The molecule has 5 heteroatoms. The van der Waals surface area contributed by atoms with Gasteiger partial charge in [-0.3, -0.25) is 0 Å². The zero-order valence-electron chi connectivity index (χ0n) is 29.5. The zero-order chi connectivity index (χ0) is 36.6. The van der Waals surface area contributed by atoms with Gasteiger partial charge in [-0.15, -0.1) is 0 Å². The highest BCUT2D eigenvalue weighted by atomic mass is 15.0. The molecule has 11 aromatic rings. The Morgan fingerprint density at radius 1 is 0.364 bits per heavy atom. The highest BCUT2D eigenvalue weighted by molar-refractivity contribution is 6.16. The molecule has 0 atom stereocenters. The van der Waals surface area contributed by atoms with Crippen LogP contribution in [-0.2, 0) is 0 Å². The summed E-state index contributed by atoms with van der Waals surface area (Å²) in [7, 11) is 0. The van der Waals surface area contributed by atoms with Crippen LogP contribution in [0.15, 0.2) is 176 Å². The van der Waals surface area contributed by atoms with Crippen molar-refractivity contribution >= 4 is 76.8 Å². The quantitative estimate of drug-likeness (QED) is 0.163. The summed E-state index contributed by atoms with van der Waals surface area (Å²) in [6, 6.07) is 61.4. The fraction of sp³-hybridized carbons (Fsp3) is 0. The first-order chi connectivity index (χ1) is 27.2. The van der Waals surface area contributed by atoms with E-state index in [1.54, 1.807) is 0 Å². The molecule has 8 aromatic carbocycles. The van der Waals surface area contributed by atoms with Crippen molar-refractivity contribution in [3.63, 3.8) is 0 Å². The Morgan fingerprint density at radius 2 is 0.909 bits per heavy atom. The molecule has 11 rings (SSSR count). The molecule has 0 saturated carbocycles. The minimum Gasteiger partial charge on any atom is -0.312 e. The molecule has 0 bridgehead atoms. The second-order valence-corrected chi connectivity index (χ2v) is 13.9. The van der Waals surface area contributed by atoms with Gasteiger partial charge in [0, 0.05) is 49.4 Å². The SMILES string of the molecule is [C-]#[N+]c1cc(-c2ccccc2-n2c3ccccc3c3cc(-n4c5ccccc5c5ccccc54)ccc32)cc(-n2c3ccccc3c3c([N+]#[C-])cccc32)c1. The van der Waals surface area contributed by atoms with Gasteiger partial charge in [-0.1, -0.05) is 103 Å². The average Bonchev–Trinajstić information content (AvgIpc) is 3.89. The van der Waals surface area contributed by atoms with Crippen molar-refractivity contribution in [3.05, 3.63) is 199 Å². The van der Waals surface area contributed by atoms with Gasteiger partial charge in [0.05, 0.1) is 46.4 Å². The lowest BCUT2D eigenvalue weighted by Crippen LogP contribution is -1.99. The first kappa shape index (κ1) is 30.7. The standard InChI is InChI=1S/C50H29N5/c1-51-33-28-32(29-35(30-33)54-47-24-12-7-18-40(47)50-42(52-2)19-13-25-49(50)54)36-14-3-8-20-43(36)55-46-23-11-6-17-39(46)41-31-34(26-27-48(41)55)53-44-21-9-4-15-37(44)38-16-5-10-22-45(38)53/h3-31H. The molecule has 254 valence electrons. The van der Waals surface area contributed by atoms with E-state index in [1.807, 2.05) is 36.4 Å². The molecule has 0 aliphatic carbocycles. The van der Waals surface area contributed by atoms with Crippen molar-refractivity contribution in [2.24, 2.45) is 0 Å². The molecule has 0 spiro atoms. The number of aromatic nitrogens is 3. The number of para-hydroxylation sites is 5. The van der Waals surface area contributed by atoms with Crippen LogP contribution in [0, 0.1) is 13.1 Å². The molecule has 0 amide bonds. The molecule has 55 heavy (non-hydrogen) atoms. The maximum atomic E-state index is 8.17. The van der Waals surface area contributed by atoms with E-state index in [9.17, 15) is 0 Å². The van der Waals surface area contributed by atoms with E-state index in [2.05, 4.69) is 163 Å². The topological polar surface area (TPSA) is 23.5 Å². The summed E-state index contributed by atoms with van der Waals surface area (Å²) in [5, 5.41) is 6.76. The monoisotopic (exact) mass is 699 g/mol. The molecule has 0 aliphatic rings. The predicted octanol–water partition coefficient (Wildman–Crippen LogP) is 13.7. The van der Waals surface area contributed by atoms with Crippen LogP contribution in [0.25, 0.3) is 103 Å². The Labute approximate surface area is 316 Å². The molecule has 0 aliphatic heterocycles. The van der Waals surface area contributed by atoms with Crippen molar-refractivity contribution in [1.82, 2.24) is 13.7 Å². The minimum absolute atomic E-state index is 0.549. The van der Waals surface area contributed by atoms with Gasteiger partial charge in [-0.25, -0.2) is 9.69 Å². The number of nitrogens with zero attached hydrogens (tertiary/aromatic N) is 5. The first-order valence-corrected chi connectivity index (χ1v) is 18.3. The van der Waals surface area contributed by atoms with Crippen LogP contribution in [0.3, 0.4) is 0 Å². The summed E-state index contributed by atoms with van der Waals surface area (Å²) in [5.74, 6) is 0. The van der Waals surface area contributed by atoms with Crippen molar-refractivity contribution < 1.29 is 0 Å². The zero-order valence-corrected chi connectivity index (χ0v) is 29.5. The highest BCUT2D eigenvalue weighted by Crippen LogP contribution is 2.42. The van der Waals surface area contributed by atoms with Crippen LogP contribution in [0.5, 0.6) is 0 Å². The molecule has 0 saturated heterocycles. The molecule has 0 N–H and O–H groups in total. The van der Waals surface area contributed by atoms with Crippen LogP contribution < -0.4 is 0 Å². The van der Waals surface area contributed by atoms with Gasteiger partial charge in [0.25, 0.3) is 0 Å². The maximum absolute atomic E-state index is 8.17. The third kappa shape index (κ3) is 4.45. The third-order valence-corrected chi connectivity index (χ3v) is 11.0. The minimum atomic E-state index is 0.549. The Morgan fingerprint density at radius 3 is 1.60 bits per heavy atom. The molecular weight excluding hydrogens is 671 g/mol. The van der Waals surface area contributed by atoms with Crippen molar-refractivity contribution in [2.45, 2.75) is 0 Å². The lowest BCUT2D eigenvalue weighted by molar-refractivity contribution is 1.16. The molecule has 3 heterocycles. The maximum Gasteiger partial charge on any atom is 0.197 e. The number of fused-ring (bicyclic) bond motifs is 9. The normalized spacial score (nSPS) is 11.6. The van der Waals surface area contributed by atoms with Crippen molar-refractivity contribution in [3.8, 4) is 28.2 Å². The lowest BCUT2D eigenvalue weighted by atomic mass is 10.0. The fourth-order valence-corrected chi connectivity index (χ4v) is 8.79. The van der Waals surface area contributed by atoms with Crippen LogP contribution >= 0.6 is 0 Å². The number of hydrogen-bond acceptors (Lipinski definition) is 0. The largest absolute Gasteiger partial charge is 0.312 e. The summed E-state index contributed by atoms with van der Waals surface area (Å²) in [6.07, 6.45) is 0. The number of benzene rings is 8. The molecule has 0 fully saturated rings. The molecular formula is C50H29N5. The summed E-state index contributed by atoms with van der Waals surface area (Å²) < 4.78 is 6.93. The first-order valence-electron chi connectivity index (χ1n) is 18.3. The van der Waals surface area contributed by atoms with Crippen LogP contribution in [0.2, 0.25) is 0 Å². The van der Waals surface area contributed by atoms with E-state index in [4.69, 9.17) is 13.1 Å². The summed E-state index contributed by atoms with van der Waals surface area (Å²) in [6.45, 7) is 16.1. The highest BCUT2D eigenvalue weighted by Gasteiger charge is 2.20. The van der Waals surface area contributed by atoms with E-state index in [0.717, 1.165) is 61.0 Å². The van der Waals surface area contributed by atoms with Gasteiger partial charge >= 0.3 is 0 Å². The van der Waals surface area contributed by atoms with E-state index in [0.29, 0.717) is 11.4 Å². The summed E-state index contributed by atoms with van der Waals surface area (Å²) in [4.78, 5) is 7.84. The summed E-state index contributed by atoms with van der Waals surface area (Å²) in [5.41, 5.74) is 12.7. The van der Waals surface area contributed by atoms with Gasteiger partial charge in [0.2, 0.25) is 0 Å². The third-order valence-electron chi connectivity index (χ3n) is 11.0. The van der Waals surface area contributed by atoms with Crippen molar-refractivity contribution in [1.29, 1.82) is 0 Å². The number of rotatable bonds is 4. The van der Waals surface area contributed by atoms with Gasteiger partial charge < -0.3 is 13.7 Å². The molecule has 0 unspecified atom stereocenters. The van der Waals surface area contributed by atoms with E-state index in [-0.39, 0.29) is 0 Å². The van der Waals surface area contributed by atoms with Crippen LogP contribution in [0.1, 0.15) is 0 Å². The van der Waals surface area contributed by atoms with E-state index in [1.165, 1.54) is 32.6 Å². The van der Waals surface area contributed by atoms with Gasteiger partial charge in [-0.2, -0.15) is 0 Å². The molecule has 5 nitrogen and oxygen atoms in total. The van der Waals surface area contributed by atoms with E-state index >= 15 is 0 Å². The number of hydrogen-bond donors (Lipinski definition) is 0. The second kappa shape index (κ2) is 11.8. The Kier molecular flexibility index (Phi) is 6.61. The van der Waals surface area contributed by atoms with Gasteiger partial charge in [0.15, 0.2) is 11.4 Å². The Bertz CT molecular complexity index is 3420. The average molecular weight is 700 g/mol. The Hall–Kier alpha value is -7.86. The van der Waals surface area contributed by atoms with Crippen LogP contribution in [0.4, 0.5) is 11.4 Å². The summed E-state index contributed by atoms with van der Waals surface area (Å²) >= 11 is 0. The molecule has 3 aromatic heterocycles. The second-order valence-electron chi connectivity index (χ2n) is 13.9. The Balaban J connectivity index is 1.15. The smallest absolute Gasteiger partial charge is 0.197 e. The predicted molar refractivity (Wildman–Crippen MR) is 227 cm³/mol.